The first kappa shape index (κ1) is 25.8. The molecule has 3 amide bonds. The highest BCUT2D eigenvalue weighted by atomic mass is 16.2. The van der Waals surface area contributed by atoms with Crippen molar-refractivity contribution in [2.45, 2.75) is 83.8 Å². The molecule has 0 spiro atoms. The van der Waals surface area contributed by atoms with E-state index in [2.05, 4.69) is 43.4 Å². The van der Waals surface area contributed by atoms with Gasteiger partial charge in [-0.3, -0.25) is 4.79 Å². The number of carbonyl (C=O) groups is 2. The summed E-state index contributed by atoms with van der Waals surface area (Å²) in [6, 6.07) is 20.8. The van der Waals surface area contributed by atoms with Crippen molar-refractivity contribution >= 4 is 11.9 Å². The van der Waals surface area contributed by atoms with E-state index in [-0.39, 0.29) is 24.0 Å². The molecule has 0 bridgehead atoms. The Balaban J connectivity index is 1.62. The summed E-state index contributed by atoms with van der Waals surface area (Å²) in [6.07, 6.45) is 7.77. The molecule has 0 saturated heterocycles. The van der Waals surface area contributed by atoms with Crippen molar-refractivity contribution in [3.63, 3.8) is 0 Å². The van der Waals surface area contributed by atoms with Gasteiger partial charge in [0.2, 0.25) is 5.91 Å². The highest BCUT2D eigenvalue weighted by Crippen LogP contribution is 2.18. The molecule has 184 valence electrons. The van der Waals surface area contributed by atoms with Crippen LogP contribution >= 0.6 is 0 Å². The number of rotatable bonds is 11. The van der Waals surface area contributed by atoms with E-state index in [1.807, 2.05) is 46.2 Å². The number of nitrogens with one attached hydrogen (secondary N) is 1. The Morgan fingerprint density at radius 3 is 2.15 bits per heavy atom. The molecule has 5 heteroatoms. The lowest BCUT2D eigenvalue weighted by Gasteiger charge is -2.32. The molecule has 1 saturated carbocycles. The smallest absolute Gasteiger partial charge is 0.317 e. The summed E-state index contributed by atoms with van der Waals surface area (Å²) in [7, 11) is 0. The number of hydrogen-bond acceptors (Lipinski definition) is 2. The van der Waals surface area contributed by atoms with E-state index < -0.39 is 0 Å². The first-order valence-corrected chi connectivity index (χ1v) is 13.0. The van der Waals surface area contributed by atoms with Crippen LogP contribution in [-0.2, 0) is 17.8 Å². The van der Waals surface area contributed by atoms with E-state index in [1.165, 1.54) is 24.8 Å². The SMILES string of the molecule is CCC(C)N(CCC(=O)N(CCc1ccccc1)Cc1ccccc1)C(=O)NC1CCCCC1. The first-order valence-electron chi connectivity index (χ1n) is 13.0. The fourth-order valence-electron chi connectivity index (χ4n) is 4.63. The molecule has 34 heavy (non-hydrogen) atoms. The lowest BCUT2D eigenvalue weighted by Crippen LogP contribution is -2.50. The zero-order valence-corrected chi connectivity index (χ0v) is 20.9. The normalized spacial score (nSPS) is 14.9. The summed E-state index contributed by atoms with van der Waals surface area (Å²) in [5.74, 6) is 0.0959. The van der Waals surface area contributed by atoms with Gasteiger partial charge in [0.25, 0.3) is 0 Å². The summed E-state index contributed by atoms with van der Waals surface area (Å²) in [4.78, 5) is 30.3. The highest BCUT2D eigenvalue weighted by molar-refractivity contribution is 5.78. The average molecular weight is 464 g/mol. The Morgan fingerprint density at radius 2 is 1.53 bits per heavy atom. The van der Waals surface area contributed by atoms with Crippen LogP contribution in [-0.4, -0.2) is 46.9 Å². The van der Waals surface area contributed by atoms with Crippen molar-refractivity contribution in [2.24, 2.45) is 0 Å². The second-order valence-corrected chi connectivity index (χ2v) is 9.52. The molecule has 2 aromatic carbocycles. The lowest BCUT2D eigenvalue weighted by atomic mass is 9.96. The fourth-order valence-corrected chi connectivity index (χ4v) is 4.63. The largest absolute Gasteiger partial charge is 0.338 e. The summed E-state index contributed by atoms with van der Waals surface area (Å²) in [5.41, 5.74) is 2.35. The summed E-state index contributed by atoms with van der Waals surface area (Å²) in [5, 5.41) is 3.24. The number of nitrogens with zero attached hydrogens (tertiary/aromatic N) is 2. The van der Waals surface area contributed by atoms with E-state index in [0.717, 1.165) is 31.2 Å². The van der Waals surface area contributed by atoms with Gasteiger partial charge in [-0.2, -0.15) is 0 Å². The average Bonchev–Trinajstić information content (AvgIpc) is 2.88. The number of urea groups is 1. The molecule has 1 atom stereocenters. The number of hydrogen-bond donors (Lipinski definition) is 1. The van der Waals surface area contributed by atoms with Gasteiger partial charge in [-0.1, -0.05) is 86.8 Å². The van der Waals surface area contributed by atoms with Crippen LogP contribution in [0, 0.1) is 0 Å². The lowest BCUT2D eigenvalue weighted by molar-refractivity contribution is -0.132. The summed E-state index contributed by atoms with van der Waals surface area (Å²) in [6.45, 7) is 5.86. The van der Waals surface area contributed by atoms with E-state index >= 15 is 0 Å². The third-order valence-electron chi connectivity index (χ3n) is 6.97. The molecule has 3 rings (SSSR count). The molecule has 1 aliphatic carbocycles. The standard InChI is InChI=1S/C29H41N3O2/c1-3-24(2)32(29(34)30-27-17-11-6-12-18-27)22-20-28(33)31(23-26-15-9-5-10-16-26)21-19-25-13-7-4-8-14-25/h4-5,7-10,13-16,24,27H,3,6,11-12,17-23H2,1-2H3,(H,30,34). The Bertz CT molecular complexity index is 865. The van der Waals surface area contributed by atoms with Crippen LogP contribution in [0.25, 0.3) is 0 Å². The molecule has 1 N–H and O–H groups in total. The number of benzene rings is 2. The molecule has 1 unspecified atom stereocenters. The van der Waals surface area contributed by atoms with E-state index in [0.29, 0.717) is 26.1 Å². The molecule has 1 fully saturated rings. The highest BCUT2D eigenvalue weighted by Gasteiger charge is 2.24. The summed E-state index contributed by atoms with van der Waals surface area (Å²) >= 11 is 0. The van der Waals surface area contributed by atoms with Crippen LogP contribution in [0.5, 0.6) is 0 Å². The van der Waals surface area contributed by atoms with Crippen LogP contribution in [0.4, 0.5) is 4.79 Å². The molecular formula is C29H41N3O2. The van der Waals surface area contributed by atoms with Crippen molar-refractivity contribution in [1.29, 1.82) is 0 Å². The minimum absolute atomic E-state index is 0.0204. The maximum Gasteiger partial charge on any atom is 0.317 e. The van der Waals surface area contributed by atoms with E-state index in [4.69, 9.17) is 0 Å². The van der Waals surface area contributed by atoms with Gasteiger partial charge in [-0.05, 0) is 43.7 Å². The van der Waals surface area contributed by atoms with Gasteiger partial charge in [-0.25, -0.2) is 4.79 Å². The molecule has 0 aliphatic heterocycles. The molecule has 5 nitrogen and oxygen atoms in total. The second-order valence-electron chi connectivity index (χ2n) is 9.52. The molecule has 0 radical (unpaired) electrons. The van der Waals surface area contributed by atoms with Gasteiger partial charge in [0.05, 0.1) is 0 Å². The topological polar surface area (TPSA) is 52.7 Å². The van der Waals surface area contributed by atoms with Crippen LogP contribution in [0.1, 0.15) is 69.9 Å². The zero-order chi connectivity index (χ0) is 24.2. The quantitative estimate of drug-likeness (QED) is 0.458. The van der Waals surface area contributed by atoms with Crippen molar-refractivity contribution in [2.75, 3.05) is 13.1 Å². The van der Waals surface area contributed by atoms with Crippen molar-refractivity contribution in [1.82, 2.24) is 15.1 Å². The Morgan fingerprint density at radius 1 is 0.912 bits per heavy atom. The second kappa shape index (κ2) is 13.8. The minimum atomic E-state index is -0.0204. The molecule has 1 aliphatic rings. The van der Waals surface area contributed by atoms with Gasteiger partial charge in [0, 0.05) is 38.1 Å². The molecule has 2 aromatic rings. The molecule has 0 aromatic heterocycles. The summed E-state index contributed by atoms with van der Waals surface area (Å²) < 4.78 is 0. The molecular weight excluding hydrogens is 422 g/mol. The zero-order valence-electron chi connectivity index (χ0n) is 20.9. The van der Waals surface area contributed by atoms with Gasteiger partial charge >= 0.3 is 6.03 Å². The minimum Gasteiger partial charge on any atom is -0.338 e. The third kappa shape index (κ3) is 8.19. The number of amides is 3. The van der Waals surface area contributed by atoms with Crippen LogP contribution in [0.2, 0.25) is 0 Å². The van der Waals surface area contributed by atoms with E-state index in [9.17, 15) is 9.59 Å². The fraction of sp³-hybridized carbons (Fsp3) is 0.517. The van der Waals surface area contributed by atoms with Crippen molar-refractivity contribution in [3.05, 3.63) is 71.8 Å². The third-order valence-corrected chi connectivity index (χ3v) is 6.97. The first-order chi connectivity index (χ1) is 16.6. The Kier molecular flexibility index (Phi) is 10.5. The van der Waals surface area contributed by atoms with Crippen LogP contribution < -0.4 is 5.32 Å². The van der Waals surface area contributed by atoms with Gasteiger partial charge in [0.1, 0.15) is 0 Å². The van der Waals surface area contributed by atoms with Gasteiger partial charge < -0.3 is 15.1 Å². The monoisotopic (exact) mass is 463 g/mol. The Hall–Kier alpha value is -2.82. The van der Waals surface area contributed by atoms with E-state index in [1.54, 1.807) is 0 Å². The Labute approximate surface area is 205 Å². The predicted molar refractivity (Wildman–Crippen MR) is 138 cm³/mol. The van der Waals surface area contributed by atoms with Crippen LogP contribution in [0.3, 0.4) is 0 Å². The van der Waals surface area contributed by atoms with Crippen molar-refractivity contribution < 1.29 is 9.59 Å². The predicted octanol–water partition coefficient (Wildman–Crippen LogP) is 5.79. The maximum atomic E-state index is 13.4. The van der Waals surface area contributed by atoms with Crippen LogP contribution in [0.15, 0.2) is 60.7 Å². The van der Waals surface area contributed by atoms with Gasteiger partial charge in [0.15, 0.2) is 0 Å². The molecule has 0 heterocycles. The maximum absolute atomic E-state index is 13.4. The number of carbonyl (C=O) groups excluding carboxylic acids is 2. The van der Waals surface area contributed by atoms with Crippen molar-refractivity contribution in [3.8, 4) is 0 Å². The van der Waals surface area contributed by atoms with Gasteiger partial charge in [-0.15, -0.1) is 0 Å².